The molecular weight excluding hydrogens is 166 g/mol. The van der Waals surface area contributed by atoms with Crippen molar-refractivity contribution in [1.29, 1.82) is 0 Å². The van der Waals surface area contributed by atoms with E-state index in [4.69, 9.17) is 11.6 Å². The fraction of sp³-hybridized carbons (Fsp3) is 0. The van der Waals surface area contributed by atoms with Gasteiger partial charge in [-0.15, -0.1) is 0 Å². The number of benzene rings is 1. The van der Waals surface area contributed by atoms with E-state index in [0.29, 0.717) is 10.7 Å². The highest BCUT2D eigenvalue weighted by molar-refractivity contribution is 6.33. The first-order chi connectivity index (χ1) is 5.20. The van der Waals surface area contributed by atoms with Crippen LogP contribution in [0.25, 0.3) is 0 Å². The molecule has 0 atom stereocenters. The van der Waals surface area contributed by atoms with Gasteiger partial charge in [0.2, 0.25) is 0 Å². The number of hydrogen-bond donors (Lipinski definition) is 1. The normalized spacial score (nSPS) is 9.18. The van der Waals surface area contributed by atoms with Crippen LogP contribution >= 0.6 is 11.6 Å². The number of rotatable bonds is 1. The summed E-state index contributed by atoms with van der Waals surface area (Å²) >= 11 is 5.61. The van der Waals surface area contributed by atoms with E-state index in [0.717, 1.165) is 0 Å². The zero-order valence-electron chi connectivity index (χ0n) is 5.50. The minimum absolute atomic E-state index is 0.342. The highest BCUT2D eigenvalue weighted by atomic mass is 35.5. The van der Waals surface area contributed by atoms with Gasteiger partial charge in [-0.2, -0.15) is 0 Å². The van der Waals surface area contributed by atoms with Crippen molar-refractivity contribution in [1.82, 2.24) is 0 Å². The first-order valence-corrected chi connectivity index (χ1v) is 3.30. The van der Waals surface area contributed by atoms with Crippen molar-refractivity contribution in [3.05, 3.63) is 29.3 Å². The van der Waals surface area contributed by atoms with Gasteiger partial charge in [-0.05, 0) is 12.1 Å². The second kappa shape index (κ2) is 3.25. The second-order valence-corrected chi connectivity index (χ2v) is 2.30. The largest absolute Gasteiger partial charge is 0.530 e. The Hall–Kier alpha value is -1.22. The number of amides is 1. The molecule has 0 radical (unpaired) electrons. The van der Waals surface area contributed by atoms with Crippen LogP contribution in [0.4, 0.5) is 10.5 Å². The number of carbonyl (C=O) groups is 1. The van der Waals surface area contributed by atoms with Gasteiger partial charge in [-0.1, -0.05) is 23.7 Å². The average molecular weight is 171 g/mol. The van der Waals surface area contributed by atoms with Crippen molar-refractivity contribution >= 4 is 23.4 Å². The van der Waals surface area contributed by atoms with E-state index in [1.807, 2.05) is 5.32 Å². The predicted octanol–water partition coefficient (Wildman–Crippen LogP) is 1.10. The molecule has 0 saturated heterocycles. The minimum Gasteiger partial charge on any atom is -0.530 e. The molecule has 0 heterocycles. The van der Waals surface area contributed by atoms with Crippen LogP contribution in [0.2, 0.25) is 5.02 Å². The van der Waals surface area contributed by atoms with Gasteiger partial charge in [0, 0.05) is 0 Å². The van der Waals surface area contributed by atoms with Crippen molar-refractivity contribution < 1.29 is 9.90 Å². The van der Waals surface area contributed by atoms with Crippen LogP contribution in [0.5, 0.6) is 0 Å². The number of nitrogens with one attached hydrogen (secondary N) is 1. The summed E-state index contributed by atoms with van der Waals surface area (Å²) in [6, 6.07) is 6.53. The molecule has 11 heavy (non-hydrogen) atoms. The van der Waals surface area contributed by atoms with Crippen LogP contribution < -0.4 is 10.4 Å². The Bertz CT molecular complexity index is 275. The third kappa shape index (κ3) is 2.13. The molecule has 0 saturated carbocycles. The molecule has 0 fully saturated rings. The highest BCUT2D eigenvalue weighted by Crippen LogP contribution is 2.19. The van der Waals surface area contributed by atoms with Gasteiger partial charge in [0.05, 0.1) is 10.7 Å². The second-order valence-electron chi connectivity index (χ2n) is 1.89. The maximum Gasteiger partial charge on any atom is 0.138 e. The summed E-state index contributed by atoms with van der Waals surface area (Å²) in [5.74, 6) is 0. The molecule has 3 nitrogen and oxygen atoms in total. The van der Waals surface area contributed by atoms with Crippen molar-refractivity contribution in [3.8, 4) is 0 Å². The quantitative estimate of drug-likeness (QED) is 0.686. The highest BCUT2D eigenvalue weighted by Gasteiger charge is 1.95. The molecule has 0 aliphatic rings. The van der Waals surface area contributed by atoms with Gasteiger partial charge in [0.15, 0.2) is 0 Å². The van der Waals surface area contributed by atoms with Crippen LogP contribution in [0.3, 0.4) is 0 Å². The molecule has 1 aromatic rings. The maximum absolute atomic E-state index is 10.0. The Kier molecular flexibility index (Phi) is 2.33. The number of anilines is 1. The van der Waals surface area contributed by atoms with Crippen molar-refractivity contribution in [2.24, 2.45) is 0 Å². The molecule has 0 aliphatic heterocycles. The summed E-state index contributed by atoms with van der Waals surface area (Å²) in [7, 11) is 0. The maximum atomic E-state index is 10.0. The Balaban J connectivity index is 2.86. The summed E-state index contributed by atoms with van der Waals surface area (Å²) in [6.07, 6.45) is -1.36. The molecule has 1 aromatic carbocycles. The molecule has 0 bridgehead atoms. The van der Waals surface area contributed by atoms with E-state index >= 15 is 0 Å². The van der Waals surface area contributed by atoms with E-state index in [-0.39, 0.29) is 0 Å². The van der Waals surface area contributed by atoms with Crippen LogP contribution in [0.1, 0.15) is 0 Å². The molecular formula is C7H5ClNO2-. The van der Waals surface area contributed by atoms with Gasteiger partial charge in [0.25, 0.3) is 0 Å². The number of carboxylic acid groups (broad SMARTS) is 1. The van der Waals surface area contributed by atoms with Crippen LogP contribution in [-0.2, 0) is 0 Å². The first kappa shape index (κ1) is 7.88. The standard InChI is InChI=1S/C7H6ClNO2/c8-5-3-1-2-4-6(5)9-7(10)11/h1-4,9H,(H,10,11)/p-1. The van der Waals surface area contributed by atoms with Crippen LogP contribution in [0.15, 0.2) is 24.3 Å². The number of carbonyl (C=O) groups excluding carboxylic acids is 1. The van der Waals surface area contributed by atoms with Gasteiger partial charge >= 0.3 is 0 Å². The van der Waals surface area contributed by atoms with Crippen molar-refractivity contribution in [2.75, 3.05) is 5.32 Å². The van der Waals surface area contributed by atoms with Crippen LogP contribution in [0, 0.1) is 0 Å². The van der Waals surface area contributed by atoms with E-state index in [9.17, 15) is 9.90 Å². The van der Waals surface area contributed by atoms with Crippen LogP contribution in [-0.4, -0.2) is 6.09 Å². The lowest BCUT2D eigenvalue weighted by Crippen LogP contribution is -2.28. The zero-order chi connectivity index (χ0) is 8.27. The lowest BCUT2D eigenvalue weighted by molar-refractivity contribution is -0.242. The molecule has 0 aliphatic carbocycles. The lowest BCUT2D eigenvalue weighted by atomic mass is 10.3. The molecule has 0 aromatic heterocycles. The molecule has 1 amide bonds. The molecule has 1 N–H and O–H groups in total. The summed E-state index contributed by atoms with van der Waals surface area (Å²) in [6.45, 7) is 0. The SMILES string of the molecule is O=C([O-])Nc1ccccc1Cl. The predicted molar refractivity (Wildman–Crippen MR) is 40.5 cm³/mol. The van der Waals surface area contributed by atoms with E-state index in [2.05, 4.69) is 0 Å². The Morgan fingerprint density at radius 3 is 2.64 bits per heavy atom. The van der Waals surface area contributed by atoms with Crippen molar-refractivity contribution in [2.45, 2.75) is 0 Å². The van der Waals surface area contributed by atoms with Gasteiger partial charge in [-0.25, -0.2) is 0 Å². The molecule has 1 rings (SSSR count). The van der Waals surface area contributed by atoms with Gasteiger partial charge in [-0.3, -0.25) is 0 Å². The van der Waals surface area contributed by atoms with E-state index in [1.165, 1.54) is 0 Å². The fourth-order valence-corrected chi connectivity index (χ4v) is 0.856. The smallest absolute Gasteiger partial charge is 0.138 e. The Morgan fingerprint density at radius 1 is 1.45 bits per heavy atom. The third-order valence-corrected chi connectivity index (χ3v) is 1.44. The number of hydrogen-bond acceptors (Lipinski definition) is 2. The van der Waals surface area contributed by atoms with E-state index < -0.39 is 6.09 Å². The molecule has 58 valence electrons. The van der Waals surface area contributed by atoms with E-state index in [1.54, 1.807) is 24.3 Å². The van der Waals surface area contributed by atoms with Crippen molar-refractivity contribution in [3.63, 3.8) is 0 Å². The Labute approximate surface area is 68.6 Å². The fourth-order valence-electron chi connectivity index (χ4n) is 0.673. The van der Waals surface area contributed by atoms with Gasteiger partial charge < -0.3 is 15.2 Å². The molecule has 0 spiro atoms. The molecule has 4 heteroatoms. The number of para-hydroxylation sites is 1. The summed E-state index contributed by atoms with van der Waals surface area (Å²) in [4.78, 5) is 10.0. The molecule has 0 unspecified atom stereocenters. The average Bonchev–Trinajstić information content (AvgIpc) is 1.93. The summed E-state index contributed by atoms with van der Waals surface area (Å²) < 4.78 is 0. The Morgan fingerprint density at radius 2 is 2.09 bits per heavy atom. The number of halogens is 1. The minimum atomic E-state index is -1.36. The topological polar surface area (TPSA) is 52.2 Å². The lowest BCUT2D eigenvalue weighted by Gasteiger charge is -2.06. The monoisotopic (exact) mass is 170 g/mol. The summed E-state index contributed by atoms with van der Waals surface area (Å²) in [5, 5.41) is 12.4. The third-order valence-electron chi connectivity index (χ3n) is 1.11. The summed E-state index contributed by atoms with van der Waals surface area (Å²) in [5.41, 5.74) is 0.342. The first-order valence-electron chi connectivity index (χ1n) is 2.92. The zero-order valence-corrected chi connectivity index (χ0v) is 6.26. The van der Waals surface area contributed by atoms with Gasteiger partial charge in [0.1, 0.15) is 6.09 Å².